The normalized spacial score (nSPS) is 17.5. The number of ketones is 2. The Morgan fingerprint density at radius 1 is 0.848 bits per heavy atom. The number of benzene rings is 2. The van der Waals surface area contributed by atoms with Gasteiger partial charge >= 0.3 is 0 Å². The molecule has 0 spiro atoms. The molecule has 0 amide bonds. The third-order valence-electron chi connectivity index (χ3n) is 6.50. The van der Waals surface area contributed by atoms with Crippen LogP contribution < -0.4 is 4.90 Å². The number of allylic oxidation sites excluding steroid dienone is 6. The van der Waals surface area contributed by atoms with E-state index < -0.39 is 0 Å². The Balaban J connectivity index is 1.48. The van der Waals surface area contributed by atoms with Crippen LogP contribution in [0.4, 0.5) is 5.69 Å². The third kappa shape index (κ3) is 3.97. The van der Waals surface area contributed by atoms with Crippen LogP contribution in [0.25, 0.3) is 6.08 Å². The lowest BCUT2D eigenvalue weighted by molar-refractivity contribution is 0.0987. The molecule has 4 heteroatoms. The van der Waals surface area contributed by atoms with E-state index in [9.17, 15) is 9.59 Å². The molecule has 5 rings (SSSR count). The molecule has 0 aromatic heterocycles. The Morgan fingerprint density at radius 3 is 2.03 bits per heavy atom. The molecule has 0 atom stereocenters. The van der Waals surface area contributed by atoms with Gasteiger partial charge in [-0.15, -0.1) is 0 Å². The molecule has 0 unspecified atom stereocenters. The number of fused-ring (bicyclic) bond motifs is 2. The third-order valence-corrected chi connectivity index (χ3v) is 6.50. The summed E-state index contributed by atoms with van der Waals surface area (Å²) in [4.78, 5) is 28.6. The number of anilines is 1. The molecule has 2 aliphatic carbocycles. The van der Waals surface area contributed by atoms with Crippen molar-refractivity contribution in [2.45, 2.75) is 32.6 Å². The van der Waals surface area contributed by atoms with Crippen molar-refractivity contribution in [2.75, 3.05) is 19.0 Å². The molecule has 3 aliphatic rings. The van der Waals surface area contributed by atoms with E-state index in [1.807, 2.05) is 57.4 Å². The van der Waals surface area contributed by atoms with Crippen LogP contribution in [0.3, 0.4) is 0 Å². The average Bonchev–Trinajstić information content (AvgIpc) is 3.05. The van der Waals surface area contributed by atoms with Crippen molar-refractivity contribution in [3.05, 3.63) is 105 Å². The molecule has 0 bridgehead atoms. The fourth-order valence-electron chi connectivity index (χ4n) is 4.74. The van der Waals surface area contributed by atoms with Gasteiger partial charge in [-0.25, -0.2) is 0 Å². The van der Waals surface area contributed by atoms with Crippen LogP contribution >= 0.6 is 0 Å². The molecule has 0 fully saturated rings. The highest BCUT2D eigenvalue weighted by atomic mass is 16.5. The van der Waals surface area contributed by atoms with E-state index in [1.54, 1.807) is 12.2 Å². The number of aryl methyl sites for hydroxylation is 2. The molecule has 0 saturated heterocycles. The summed E-state index contributed by atoms with van der Waals surface area (Å²) < 4.78 is 5.86. The van der Waals surface area contributed by atoms with Crippen molar-refractivity contribution in [3.63, 3.8) is 0 Å². The number of ether oxygens (including phenoxy) is 1. The van der Waals surface area contributed by atoms with E-state index in [-0.39, 0.29) is 17.1 Å². The smallest absolute Gasteiger partial charge is 0.198 e. The maximum Gasteiger partial charge on any atom is 0.198 e. The Hall–Kier alpha value is -3.66. The predicted octanol–water partition coefficient (Wildman–Crippen LogP) is 5.84. The molecule has 166 valence electrons. The second-order valence-corrected chi connectivity index (χ2v) is 9.09. The molecule has 0 N–H and O–H groups in total. The van der Waals surface area contributed by atoms with Crippen molar-refractivity contribution in [3.8, 4) is 0 Å². The average molecular weight is 438 g/mol. The molecular weight excluding hydrogens is 410 g/mol. The highest BCUT2D eigenvalue weighted by Crippen LogP contribution is 2.35. The van der Waals surface area contributed by atoms with E-state index in [2.05, 4.69) is 17.0 Å². The van der Waals surface area contributed by atoms with Gasteiger partial charge in [0.25, 0.3) is 0 Å². The number of nitrogens with zero attached hydrogens (tertiary/aromatic N) is 1. The van der Waals surface area contributed by atoms with Gasteiger partial charge < -0.3 is 9.64 Å². The van der Waals surface area contributed by atoms with Crippen molar-refractivity contribution in [2.24, 2.45) is 0 Å². The van der Waals surface area contributed by atoms with E-state index in [0.717, 1.165) is 36.9 Å². The minimum Gasteiger partial charge on any atom is -0.462 e. The molecule has 1 aliphatic heterocycles. The fraction of sp³-hybridized carbons (Fsp3) is 0.241. The van der Waals surface area contributed by atoms with Crippen LogP contribution in [0, 0.1) is 0 Å². The zero-order valence-electron chi connectivity index (χ0n) is 19.3. The van der Waals surface area contributed by atoms with E-state index in [4.69, 9.17) is 4.74 Å². The summed E-state index contributed by atoms with van der Waals surface area (Å²) in [5, 5.41) is 0. The predicted molar refractivity (Wildman–Crippen MR) is 131 cm³/mol. The van der Waals surface area contributed by atoms with Crippen LogP contribution in [0.1, 0.15) is 57.2 Å². The summed E-state index contributed by atoms with van der Waals surface area (Å²) in [5.41, 5.74) is 6.56. The van der Waals surface area contributed by atoms with Gasteiger partial charge in [0, 0.05) is 30.9 Å². The summed E-state index contributed by atoms with van der Waals surface area (Å²) in [6, 6.07) is 12.1. The lowest BCUT2D eigenvalue weighted by Gasteiger charge is -2.16. The summed E-state index contributed by atoms with van der Waals surface area (Å²) >= 11 is 0. The van der Waals surface area contributed by atoms with Gasteiger partial charge in [-0.1, -0.05) is 18.2 Å². The van der Waals surface area contributed by atoms with Crippen molar-refractivity contribution in [1.82, 2.24) is 0 Å². The monoisotopic (exact) mass is 437 g/mol. The second-order valence-electron chi connectivity index (χ2n) is 9.09. The maximum absolute atomic E-state index is 13.3. The molecular formula is C29H27NO3. The number of hydrogen-bond donors (Lipinski definition) is 0. The van der Waals surface area contributed by atoms with E-state index in [0.29, 0.717) is 28.2 Å². The molecule has 2 aromatic carbocycles. The minimum atomic E-state index is -0.178. The first-order valence-electron chi connectivity index (χ1n) is 11.4. The standard InChI is InChI=1S/C29H27NO3/c1-18-14-22(15-24(33-18)13-10-19-8-11-23(12-9-19)30(2)3)27-28(31)25-16-20-6-4-5-7-21(20)17-26(25)29(27)32/h8-17H,4-7H2,1-3H3/b13-10+. The number of hydrogen-bond acceptors (Lipinski definition) is 4. The largest absolute Gasteiger partial charge is 0.462 e. The van der Waals surface area contributed by atoms with Crippen LogP contribution in [0.2, 0.25) is 0 Å². The van der Waals surface area contributed by atoms with Crippen LogP contribution in [-0.4, -0.2) is 25.7 Å². The van der Waals surface area contributed by atoms with Crippen molar-refractivity contribution < 1.29 is 14.3 Å². The molecule has 33 heavy (non-hydrogen) atoms. The summed E-state index contributed by atoms with van der Waals surface area (Å²) in [6.07, 6.45) is 11.6. The topological polar surface area (TPSA) is 46.6 Å². The number of rotatable bonds is 3. The summed E-state index contributed by atoms with van der Waals surface area (Å²) in [6.45, 7) is 1.84. The van der Waals surface area contributed by atoms with E-state index >= 15 is 0 Å². The molecule has 4 nitrogen and oxygen atoms in total. The van der Waals surface area contributed by atoms with Gasteiger partial charge in [-0.2, -0.15) is 0 Å². The van der Waals surface area contributed by atoms with Gasteiger partial charge in [-0.3, -0.25) is 9.59 Å². The highest BCUT2D eigenvalue weighted by molar-refractivity contribution is 6.40. The minimum absolute atomic E-state index is 0.178. The van der Waals surface area contributed by atoms with Gasteiger partial charge in [0.15, 0.2) is 11.6 Å². The van der Waals surface area contributed by atoms with Gasteiger partial charge in [0.2, 0.25) is 0 Å². The Bertz CT molecular complexity index is 1240. The molecule has 0 radical (unpaired) electrons. The first-order valence-corrected chi connectivity index (χ1v) is 11.4. The summed E-state index contributed by atoms with van der Waals surface area (Å²) in [5.74, 6) is 0.898. The molecule has 1 heterocycles. The lowest BCUT2D eigenvalue weighted by Crippen LogP contribution is -2.07. The van der Waals surface area contributed by atoms with Crippen molar-refractivity contribution >= 4 is 23.3 Å². The zero-order valence-corrected chi connectivity index (χ0v) is 19.3. The number of Topliss-reactive ketones (excluding diaryl/α,β-unsaturated/α-hetero) is 2. The first kappa shape index (κ1) is 21.2. The maximum atomic E-state index is 13.3. The van der Waals surface area contributed by atoms with Gasteiger partial charge in [-0.05, 0) is 97.4 Å². The Labute approximate surface area is 194 Å². The van der Waals surface area contributed by atoms with E-state index in [1.165, 1.54) is 11.1 Å². The van der Waals surface area contributed by atoms with Crippen LogP contribution in [0.5, 0.6) is 0 Å². The Kier molecular flexibility index (Phi) is 5.37. The number of carbonyl (C=O) groups excluding carboxylic acids is 2. The number of carbonyl (C=O) groups is 2. The first-order chi connectivity index (χ1) is 15.9. The van der Waals surface area contributed by atoms with Crippen LogP contribution in [0.15, 0.2) is 77.3 Å². The SMILES string of the molecule is CC1=CC(=C2C(=O)c3cc4c(cc3C2=O)CCCC4)C=C(/C=C/c2ccc(N(C)C)cc2)O1. The van der Waals surface area contributed by atoms with Crippen LogP contribution in [-0.2, 0) is 17.6 Å². The quantitative estimate of drug-likeness (QED) is 0.447. The second kappa shape index (κ2) is 8.36. The fourth-order valence-corrected chi connectivity index (χ4v) is 4.74. The zero-order chi connectivity index (χ0) is 23.1. The molecule has 0 saturated carbocycles. The molecule has 2 aromatic rings. The highest BCUT2D eigenvalue weighted by Gasteiger charge is 2.36. The van der Waals surface area contributed by atoms with Gasteiger partial charge in [0.05, 0.1) is 5.57 Å². The summed E-state index contributed by atoms with van der Waals surface area (Å²) in [7, 11) is 4.02. The van der Waals surface area contributed by atoms with Crippen molar-refractivity contribution in [1.29, 1.82) is 0 Å². The lowest BCUT2D eigenvalue weighted by atomic mass is 9.88. The van der Waals surface area contributed by atoms with Gasteiger partial charge in [0.1, 0.15) is 11.5 Å². The Morgan fingerprint density at radius 2 is 1.45 bits per heavy atom.